The maximum atomic E-state index is 12.0. The highest BCUT2D eigenvalue weighted by molar-refractivity contribution is 8.23. The first-order valence-corrected chi connectivity index (χ1v) is 12.3. The molecule has 0 aliphatic carbocycles. The average Bonchev–Trinajstić information content (AvgIpc) is 2.66. The van der Waals surface area contributed by atoms with Crippen LogP contribution in [0.1, 0.15) is 92.9 Å². The minimum Gasteiger partial charge on any atom is -0.465 e. The third kappa shape index (κ3) is 12.0. The normalized spacial score (nSPS) is 14.4. The van der Waals surface area contributed by atoms with Crippen molar-refractivity contribution in [3.63, 3.8) is 0 Å². The Labute approximate surface area is 178 Å². The zero-order chi connectivity index (χ0) is 20.7. The van der Waals surface area contributed by atoms with Crippen molar-refractivity contribution in [2.24, 2.45) is 11.8 Å². The van der Waals surface area contributed by atoms with Gasteiger partial charge in [0.25, 0.3) is 0 Å². The second-order valence-corrected chi connectivity index (χ2v) is 9.49. The zero-order valence-corrected chi connectivity index (χ0v) is 20.2. The van der Waals surface area contributed by atoms with Gasteiger partial charge in [-0.1, -0.05) is 90.2 Å². The molecule has 0 aliphatic rings. The molecular formula is C22H43NO2S2. The molecule has 0 spiro atoms. The number of hydrogen-bond acceptors (Lipinski definition) is 4. The van der Waals surface area contributed by atoms with Gasteiger partial charge in [0.1, 0.15) is 9.57 Å². The summed E-state index contributed by atoms with van der Waals surface area (Å²) in [4.78, 5) is 14.4. The first-order chi connectivity index (χ1) is 12.9. The maximum Gasteiger partial charge on any atom is 0.319 e. The average molecular weight is 418 g/mol. The quantitative estimate of drug-likeness (QED) is 0.219. The van der Waals surface area contributed by atoms with Crippen molar-refractivity contribution in [1.29, 1.82) is 0 Å². The smallest absolute Gasteiger partial charge is 0.319 e. The van der Waals surface area contributed by atoms with E-state index in [1.165, 1.54) is 63.1 Å². The molecule has 0 aromatic carbocycles. The van der Waals surface area contributed by atoms with Gasteiger partial charge in [0, 0.05) is 13.1 Å². The predicted molar refractivity (Wildman–Crippen MR) is 124 cm³/mol. The van der Waals surface area contributed by atoms with E-state index in [1.807, 2.05) is 13.8 Å². The van der Waals surface area contributed by atoms with Crippen LogP contribution < -0.4 is 0 Å². The van der Waals surface area contributed by atoms with Crippen molar-refractivity contribution >= 4 is 34.3 Å². The van der Waals surface area contributed by atoms with Crippen molar-refractivity contribution in [2.45, 2.75) is 98.2 Å². The number of carbonyl (C=O) groups is 1. The second-order valence-electron chi connectivity index (χ2n) is 7.52. The van der Waals surface area contributed by atoms with Crippen LogP contribution >= 0.6 is 24.0 Å². The molecule has 5 heteroatoms. The van der Waals surface area contributed by atoms with Crippen LogP contribution in [0.25, 0.3) is 0 Å². The molecule has 3 nitrogen and oxygen atoms in total. The van der Waals surface area contributed by atoms with E-state index in [0.717, 1.165) is 17.4 Å². The number of carbonyl (C=O) groups excluding carboxylic acids is 1. The highest BCUT2D eigenvalue weighted by atomic mass is 32.2. The molecule has 0 fully saturated rings. The van der Waals surface area contributed by atoms with Gasteiger partial charge in [0.2, 0.25) is 0 Å². The molecule has 0 saturated carbocycles. The molecule has 0 amide bonds. The van der Waals surface area contributed by atoms with Gasteiger partial charge in [-0.15, -0.1) is 0 Å². The molecule has 0 radical (unpaired) electrons. The lowest BCUT2D eigenvalue weighted by molar-refractivity contribution is -0.142. The Morgan fingerprint density at radius 1 is 0.963 bits per heavy atom. The largest absolute Gasteiger partial charge is 0.465 e. The Bertz CT molecular complexity index is 386. The summed E-state index contributed by atoms with van der Waals surface area (Å²) < 4.78 is 6.02. The molecule has 3 unspecified atom stereocenters. The van der Waals surface area contributed by atoms with Gasteiger partial charge in [0.15, 0.2) is 0 Å². The Kier molecular flexibility index (Phi) is 16.5. The highest BCUT2D eigenvalue weighted by Crippen LogP contribution is 2.24. The summed E-state index contributed by atoms with van der Waals surface area (Å²) in [6.45, 7) is 15.3. The first kappa shape index (κ1) is 26.7. The van der Waals surface area contributed by atoms with Crippen molar-refractivity contribution in [3.8, 4) is 0 Å². The zero-order valence-electron chi connectivity index (χ0n) is 18.6. The summed E-state index contributed by atoms with van der Waals surface area (Å²) in [5.74, 6) is 1.18. The lowest BCUT2D eigenvalue weighted by atomic mass is 9.96. The first-order valence-electron chi connectivity index (χ1n) is 11.0. The highest BCUT2D eigenvalue weighted by Gasteiger charge is 2.23. The molecule has 0 saturated heterocycles. The van der Waals surface area contributed by atoms with Crippen molar-refractivity contribution in [3.05, 3.63) is 0 Å². The van der Waals surface area contributed by atoms with Crippen molar-refractivity contribution in [1.82, 2.24) is 4.90 Å². The maximum absolute atomic E-state index is 12.0. The topological polar surface area (TPSA) is 29.5 Å². The third-order valence-corrected chi connectivity index (χ3v) is 6.75. The number of esters is 1. The number of rotatable bonds is 15. The summed E-state index contributed by atoms with van der Waals surface area (Å²) in [5, 5.41) is -0.244. The molecule has 0 rings (SSSR count). The van der Waals surface area contributed by atoms with Crippen molar-refractivity contribution < 1.29 is 9.53 Å². The molecule has 0 N–H and O–H groups in total. The summed E-state index contributed by atoms with van der Waals surface area (Å²) in [6.07, 6.45) is 9.92. The number of ether oxygens (including phenoxy) is 1. The Morgan fingerprint density at radius 3 is 1.81 bits per heavy atom. The van der Waals surface area contributed by atoms with Gasteiger partial charge in [0.05, 0.1) is 6.61 Å². The SMILES string of the molecule is CCCCC(CC)CN(CC(CC)CCCC)C(=S)SC(C)C(=O)OCC. The summed E-state index contributed by atoms with van der Waals surface area (Å²) >= 11 is 7.29. The Hall–Kier alpha value is -0.290. The van der Waals surface area contributed by atoms with Crippen LogP contribution in [0.5, 0.6) is 0 Å². The van der Waals surface area contributed by atoms with E-state index in [4.69, 9.17) is 17.0 Å². The molecule has 0 heterocycles. The van der Waals surface area contributed by atoms with Gasteiger partial charge in [-0.2, -0.15) is 0 Å². The fraction of sp³-hybridized carbons (Fsp3) is 0.909. The standard InChI is InChI=1S/C22H43NO2S2/c1-7-12-14-19(9-3)16-23(17-20(10-4)15-13-8-2)22(26)27-18(6)21(24)25-11-5/h18-20H,7-17H2,1-6H3. The third-order valence-electron chi connectivity index (χ3n) is 5.20. The van der Waals surface area contributed by atoms with Crippen LogP contribution in [0, 0.1) is 11.8 Å². The minimum atomic E-state index is -0.244. The summed E-state index contributed by atoms with van der Waals surface area (Å²) in [6, 6.07) is 0. The number of thioether (sulfide) groups is 1. The van der Waals surface area contributed by atoms with Crippen LogP contribution in [-0.4, -0.2) is 40.1 Å². The van der Waals surface area contributed by atoms with Gasteiger partial charge in [-0.05, 0) is 38.5 Å². The van der Waals surface area contributed by atoms with Crippen molar-refractivity contribution in [2.75, 3.05) is 19.7 Å². The molecule has 27 heavy (non-hydrogen) atoms. The Morgan fingerprint density at radius 2 is 1.44 bits per heavy atom. The second kappa shape index (κ2) is 16.6. The summed E-state index contributed by atoms with van der Waals surface area (Å²) in [7, 11) is 0. The van der Waals surface area contributed by atoms with E-state index < -0.39 is 0 Å². The van der Waals surface area contributed by atoms with Crippen LogP contribution in [-0.2, 0) is 9.53 Å². The van der Waals surface area contributed by atoms with E-state index in [-0.39, 0.29) is 11.2 Å². The molecule has 160 valence electrons. The van der Waals surface area contributed by atoms with Crippen LogP contribution in [0.15, 0.2) is 0 Å². The van der Waals surface area contributed by atoms with Gasteiger partial charge in [-0.3, -0.25) is 4.79 Å². The number of unbranched alkanes of at least 4 members (excludes halogenated alkanes) is 2. The number of hydrogen-bond donors (Lipinski definition) is 0. The lowest BCUT2D eigenvalue weighted by Gasteiger charge is -2.33. The molecule has 0 aromatic heterocycles. The minimum absolute atomic E-state index is 0.166. The van der Waals surface area contributed by atoms with E-state index in [1.54, 1.807) is 0 Å². The van der Waals surface area contributed by atoms with E-state index >= 15 is 0 Å². The number of thiocarbonyl (C=S) groups is 1. The van der Waals surface area contributed by atoms with E-state index in [9.17, 15) is 4.79 Å². The molecule has 0 bridgehead atoms. The monoisotopic (exact) mass is 417 g/mol. The lowest BCUT2D eigenvalue weighted by Crippen LogP contribution is -2.38. The van der Waals surface area contributed by atoms with Gasteiger partial charge < -0.3 is 9.64 Å². The predicted octanol–water partition coefficient (Wildman–Crippen LogP) is 6.69. The molecule has 0 aromatic rings. The van der Waals surface area contributed by atoms with Gasteiger partial charge >= 0.3 is 5.97 Å². The van der Waals surface area contributed by atoms with Crippen LogP contribution in [0.4, 0.5) is 0 Å². The van der Waals surface area contributed by atoms with Gasteiger partial charge in [-0.25, -0.2) is 0 Å². The molecule has 3 atom stereocenters. The fourth-order valence-electron chi connectivity index (χ4n) is 3.22. The van der Waals surface area contributed by atoms with E-state index in [0.29, 0.717) is 18.4 Å². The Balaban J connectivity index is 5.06. The summed E-state index contributed by atoms with van der Waals surface area (Å²) in [5.41, 5.74) is 0. The molecular weight excluding hydrogens is 374 g/mol. The fourth-order valence-corrected chi connectivity index (χ4v) is 4.56. The number of nitrogens with zero attached hydrogens (tertiary/aromatic N) is 1. The molecule has 0 aliphatic heterocycles. The van der Waals surface area contributed by atoms with E-state index in [2.05, 4.69) is 32.6 Å². The van der Waals surface area contributed by atoms with Crippen LogP contribution in [0.2, 0.25) is 0 Å². The van der Waals surface area contributed by atoms with Crippen LogP contribution in [0.3, 0.4) is 0 Å².